The predicted octanol–water partition coefficient (Wildman–Crippen LogP) is 2.49. The van der Waals surface area contributed by atoms with Crippen LogP contribution < -0.4 is 4.90 Å². The minimum Gasteiger partial charge on any atom is -0.387 e. The number of aliphatic hydroxyl groups is 1. The van der Waals surface area contributed by atoms with E-state index < -0.39 is 6.10 Å². The highest BCUT2D eigenvalue weighted by molar-refractivity contribution is 7.15. The molecule has 0 spiro atoms. The van der Waals surface area contributed by atoms with Gasteiger partial charge >= 0.3 is 0 Å². The molecule has 126 valence electrons. The van der Waals surface area contributed by atoms with Gasteiger partial charge in [0.1, 0.15) is 0 Å². The highest BCUT2D eigenvalue weighted by Crippen LogP contribution is 2.26. The third kappa shape index (κ3) is 3.75. The summed E-state index contributed by atoms with van der Waals surface area (Å²) >= 11 is 1.76. The van der Waals surface area contributed by atoms with Crippen LogP contribution >= 0.6 is 11.3 Å². The van der Waals surface area contributed by atoms with Crippen molar-refractivity contribution in [1.82, 2.24) is 9.88 Å². The SMILES string of the molecule is Cc1nc(N2CCN(CC(O)c3ccc(C#N)cc3)CC2)sc1C. The Balaban J connectivity index is 1.53. The van der Waals surface area contributed by atoms with E-state index in [9.17, 15) is 5.11 Å². The summed E-state index contributed by atoms with van der Waals surface area (Å²) in [4.78, 5) is 10.5. The summed E-state index contributed by atoms with van der Waals surface area (Å²) in [6.45, 7) is 8.50. The summed E-state index contributed by atoms with van der Waals surface area (Å²) in [7, 11) is 0. The van der Waals surface area contributed by atoms with Crippen molar-refractivity contribution in [2.45, 2.75) is 20.0 Å². The lowest BCUT2D eigenvalue weighted by Crippen LogP contribution is -2.47. The van der Waals surface area contributed by atoms with E-state index in [2.05, 4.69) is 34.7 Å². The van der Waals surface area contributed by atoms with Gasteiger partial charge in [0, 0.05) is 37.6 Å². The second-order valence-corrected chi connectivity index (χ2v) is 7.36. The Labute approximate surface area is 146 Å². The molecule has 0 bridgehead atoms. The van der Waals surface area contributed by atoms with Gasteiger partial charge in [-0.3, -0.25) is 4.90 Å². The highest BCUT2D eigenvalue weighted by atomic mass is 32.1. The van der Waals surface area contributed by atoms with Crippen LogP contribution in [0.15, 0.2) is 24.3 Å². The molecule has 0 saturated carbocycles. The lowest BCUT2D eigenvalue weighted by atomic mass is 10.1. The largest absolute Gasteiger partial charge is 0.387 e. The molecule has 1 N–H and O–H groups in total. The van der Waals surface area contributed by atoms with Crippen molar-refractivity contribution in [1.29, 1.82) is 5.26 Å². The summed E-state index contributed by atoms with van der Waals surface area (Å²) in [5.41, 5.74) is 2.60. The van der Waals surface area contributed by atoms with E-state index in [1.807, 2.05) is 12.1 Å². The fourth-order valence-electron chi connectivity index (χ4n) is 2.84. The number of rotatable bonds is 4. The molecule has 0 aliphatic carbocycles. The first-order chi connectivity index (χ1) is 11.6. The molecule has 0 radical (unpaired) electrons. The van der Waals surface area contributed by atoms with Crippen LogP contribution in [0.5, 0.6) is 0 Å². The fraction of sp³-hybridized carbons (Fsp3) is 0.444. The first-order valence-electron chi connectivity index (χ1n) is 8.16. The van der Waals surface area contributed by atoms with Crippen molar-refractivity contribution in [3.63, 3.8) is 0 Å². The summed E-state index contributed by atoms with van der Waals surface area (Å²) in [5, 5.41) is 20.4. The first-order valence-corrected chi connectivity index (χ1v) is 8.98. The van der Waals surface area contributed by atoms with Gasteiger partial charge in [-0.25, -0.2) is 4.98 Å². The van der Waals surface area contributed by atoms with Gasteiger partial charge < -0.3 is 10.0 Å². The molecule has 1 aromatic heterocycles. The van der Waals surface area contributed by atoms with Gasteiger partial charge in [0.05, 0.1) is 23.4 Å². The molecule has 24 heavy (non-hydrogen) atoms. The molecule has 1 saturated heterocycles. The van der Waals surface area contributed by atoms with Crippen LogP contribution in [0.3, 0.4) is 0 Å². The van der Waals surface area contributed by atoms with Crippen LogP contribution in [0.25, 0.3) is 0 Å². The van der Waals surface area contributed by atoms with Gasteiger partial charge in [0.15, 0.2) is 5.13 Å². The van der Waals surface area contributed by atoms with Gasteiger partial charge in [0.2, 0.25) is 0 Å². The second kappa shape index (κ2) is 7.31. The third-order valence-electron chi connectivity index (χ3n) is 4.52. The molecule has 1 aliphatic heterocycles. The van der Waals surface area contributed by atoms with Crippen LogP contribution in [0.2, 0.25) is 0 Å². The van der Waals surface area contributed by atoms with Crippen LogP contribution in [0, 0.1) is 25.2 Å². The lowest BCUT2D eigenvalue weighted by molar-refractivity contribution is 0.109. The number of nitrogens with zero attached hydrogens (tertiary/aromatic N) is 4. The zero-order valence-electron chi connectivity index (χ0n) is 14.1. The van der Waals surface area contributed by atoms with E-state index in [0.29, 0.717) is 12.1 Å². The van der Waals surface area contributed by atoms with Crippen molar-refractivity contribution < 1.29 is 5.11 Å². The van der Waals surface area contributed by atoms with Crippen LogP contribution in [0.4, 0.5) is 5.13 Å². The molecule has 1 unspecified atom stereocenters. The predicted molar refractivity (Wildman–Crippen MR) is 96.4 cm³/mol. The Hall–Kier alpha value is -1.94. The highest BCUT2D eigenvalue weighted by Gasteiger charge is 2.22. The molecule has 1 atom stereocenters. The molecule has 1 aromatic carbocycles. The smallest absolute Gasteiger partial charge is 0.185 e. The Morgan fingerprint density at radius 2 is 1.88 bits per heavy atom. The number of nitriles is 1. The number of hydrogen-bond acceptors (Lipinski definition) is 6. The van der Waals surface area contributed by atoms with E-state index in [-0.39, 0.29) is 0 Å². The number of aliphatic hydroxyl groups excluding tert-OH is 1. The summed E-state index contributed by atoms with van der Waals surface area (Å²) < 4.78 is 0. The van der Waals surface area contributed by atoms with Crippen molar-refractivity contribution >= 4 is 16.5 Å². The second-order valence-electron chi connectivity index (χ2n) is 6.18. The van der Waals surface area contributed by atoms with E-state index >= 15 is 0 Å². The standard InChI is InChI=1S/C18H22N4OS/c1-13-14(2)24-18(20-13)22-9-7-21(8-10-22)12-17(23)16-5-3-15(11-19)4-6-16/h3-6,17,23H,7-10,12H2,1-2H3. The van der Waals surface area contributed by atoms with E-state index in [4.69, 9.17) is 5.26 Å². The van der Waals surface area contributed by atoms with Crippen LogP contribution in [-0.4, -0.2) is 47.7 Å². The number of thiazole rings is 1. The van der Waals surface area contributed by atoms with Gasteiger partial charge in [0.25, 0.3) is 0 Å². The molecule has 1 aliphatic rings. The Morgan fingerprint density at radius 1 is 1.21 bits per heavy atom. The van der Waals surface area contributed by atoms with Crippen molar-refractivity contribution in [3.8, 4) is 6.07 Å². The molecular formula is C18H22N4OS. The van der Waals surface area contributed by atoms with Crippen molar-refractivity contribution in [2.75, 3.05) is 37.6 Å². The Morgan fingerprint density at radius 3 is 2.42 bits per heavy atom. The van der Waals surface area contributed by atoms with E-state index in [1.165, 1.54) is 4.88 Å². The van der Waals surface area contributed by atoms with Gasteiger partial charge in [-0.2, -0.15) is 5.26 Å². The van der Waals surface area contributed by atoms with Crippen molar-refractivity contribution in [3.05, 3.63) is 46.0 Å². The number of aryl methyl sites for hydroxylation is 2. The zero-order valence-corrected chi connectivity index (χ0v) is 14.9. The first kappa shape index (κ1) is 16.9. The number of aromatic nitrogens is 1. The molecular weight excluding hydrogens is 320 g/mol. The average Bonchev–Trinajstić information content (AvgIpc) is 2.94. The van der Waals surface area contributed by atoms with E-state index in [1.54, 1.807) is 23.5 Å². The molecule has 2 aromatic rings. The topological polar surface area (TPSA) is 63.4 Å². The summed E-state index contributed by atoms with van der Waals surface area (Å²) in [6, 6.07) is 9.27. The van der Waals surface area contributed by atoms with Crippen LogP contribution in [0.1, 0.15) is 27.8 Å². The Bertz CT molecular complexity index is 707. The normalized spacial score (nSPS) is 16.8. The lowest BCUT2D eigenvalue weighted by Gasteiger charge is -2.35. The van der Waals surface area contributed by atoms with Gasteiger partial charge in [-0.1, -0.05) is 12.1 Å². The molecule has 3 rings (SSSR count). The maximum absolute atomic E-state index is 10.4. The van der Waals surface area contributed by atoms with Crippen LogP contribution in [-0.2, 0) is 0 Å². The molecule has 5 nitrogen and oxygen atoms in total. The van der Waals surface area contributed by atoms with Gasteiger partial charge in [-0.05, 0) is 31.5 Å². The maximum Gasteiger partial charge on any atom is 0.185 e. The number of anilines is 1. The maximum atomic E-state index is 10.4. The van der Waals surface area contributed by atoms with E-state index in [0.717, 1.165) is 42.6 Å². The third-order valence-corrected chi connectivity index (χ3v) is 5.65. The number of benzene rings is 1. The summed E-state index contributed by atoms with van der Waals surface area (Å²) in [5.74, 6) is 0. The number of β-amino-alcohol motifs (C(OH)–C–C–N with tert-alkyl or cyclic N) is 1. The average molecular weight is 342 g/mol. The summed E-state index contributed by atoms with van der Waals surface area (Å²) in [6.07, 6.45) is -0.520. The number of hydrogen-bond donors (Lipinski definition) is 1. The minimum absolute atomic E-state index is 0.520. The van der Waals surface area contributed by atoms with Gasteiger partial charge in [-0.15, -0.1) is 11.3 Å². The number of piperazine rings is 1. The molecule has 2 heterocycles. The fourth-order valence-corrected chi connectivity index (χ4v) is 3.80. The zero-order chi connectivity index (χ0) is 17.1. The van der Waals surface area contributed by atoms with Crippen molar-refractivity contribution in [2.24, 2.45) is 0 Å². The molecule has 0 amide bonds. The quantitative estimate of drug-likeness (QED) is 0.925. The molecule has 1 fully saturated rings. The Kier molecular flexibility index (Phi) is 5.14. The monoisotopic (exact) mass is 342 g/mol. The molecule has 6 heteroatoms. The minimum atomic E-state index is -0.520.